The molecule has 0 spiro atoms. The first-order valence-electron chi connectivity index (χ1n) is 10.4. The topological polar surface area (TPSA) is 72.9 Å². The van der Waals surface area contributed by atoms with Crippen molar-refractivity contribution in [3.05, 3.63) is 64.7 Å². The van der Waals surface area contributed by atoms with Gasteiger partial charge in [-0.3, -0.25) is 14.4 Å². The number of anilines is 1. The molecule has 1 aliphatic rings. The molecule has 36 heavy (non-hydrogen) atoms. The zero-order valence-electron chi connectivity index (χ0n) is 18.5. The van der Waals surface area contributed by atoms with Gasteiger partial charge in [0.1, 0.15) is 17.9 Å². The zero-order chi connectivity index (χ0) is 26.8. The van der Waals surface area contributed by atoms with Crippen molar-refractivity contribution in [2.24, 2.45) is 5.92 Å². The Kier molecular flexibility index (Phi) is 7.89. The number of carbonyl (C=O) groups is 3. The van der Waals surface area contributed by atoms with E-state index >= 15 is 0 Å². The Balaban J connectivity index is 1.98. The summed E-state index contributed by atoms with van der Waals surface area (Å²) in [5, 5.41) is 0. The van der Waals surface area contributed by atoms with E-state index in [9.17, 15) is 45.1 Å². The molecule has 0 aromatic heterocycles. The summed E-state index contributed by atoms with van der Waals surface area (Å²) in [5.74, 6) is -14.9. The molecule has 2 aromatic rings. The van der Waals surface area contributed by atoms with Crippen LogP contribution in [0.3, 0.4) is 0 Å². The van der Waals surface area contributed by atoms with E-state index in [2.05, 4.69) is 4.74 Å². The molecule has 0 bridgehead atoms. The summed E-state index contributed by atoms with van der Waals surface area (Å²) in [5.41, 5.74) is -3.97. The van der Waals surface area contributed by atoms with Gasteiger partial charge in [0.15, 0.2) is 23.3 Å². The molecule has 0 aliphatic carbocycles. The van der Waals surface area contributed by atoms with Crippen molar-refractivity contribution >= 4 is 23.5 Å². The number of benzene rings is 2. The minimum Gasteiger partial charge on any atom is -0.469 e. The van der Waals surface area contributed by atoms with E-state index in [1.807, 2.05) is 0 Å². The Morgan fingerprint density at radius 2 is 1.53 bits per heavy atom. The van der Waals surface area contributed by atoms with Gasteiger partial charge in [0.05, 0.1) is 25.9 Å². The van der Waals surface area contributed by atoms with E-state index in [0.717, 1.165) is 7.11 Å². The van der Waals surface area contributed by atoms with Crippen molar-refractivity contribution in [1.29, 1.82) is 0 Å². The van der Waals surface area contributed by atoms with Crippen molar-refractivity contribution in [2.45, 2.75) is 38.1 Å². The monoisotopic (exact) mass is 521 g/mol. The van der Waals surface area contributed by atoms with E-state index in [4.69, 9.17) is 4.74 Å². The fourth-order valence-corrected chi connectivity index (χ4v) is 3.90. The van der Waals surface area contributed by atoms with Crippen molar-refractivity contribution < 1.29 is 54.6 Å². The minimum absolute atomic E-state index is 0.161. The predicted molar refractivity (Wildman–Crippen MR) is 108 cm³/mol. The molecule has 13 heteroatoms. The van der Waals surface area contributed by atoms with Crippen molar-refractivity contribution in [2.75, 3.05) is 12.0 Å². The lowest BCUT2D eigenvalue weighted by atomic mass is 10.00. The first-order valence-corrected chi connectivity index (χ1v) is 10.4. The standard InChI is InChI=1S/C23H18F7NO5/c1-35-14(32)8-12-7-13(9-15(33)36-10-11-5-3-2-4-6-11)31(22(12)34)21-19(26)17(24)16(23(28,29)30)18(25)20(21)27/h2-6,12-13H,7-10H2,1H3. The molecule has 2 atom stereocenters. The van der Waals surface area contributed by atoms with Crippen molar-refractivity contribution in [1.82, 2.24) is 0 Å². The fourth-order valence-electron chi connectivity index (χ4n) is 3.90. The number of alkyl halides is 3. The molecule has 2 aromatic carbocycles. The van der Waals surface area contributed by atoms with Gasteiger partial charge in [0.25, 0.3) is 0 Å². The first-order chi connectivity index (χ1) is 16.9. The number of amides is 1. The summed E-state index contributed by atoms with van der Waals surface area (Å²) in [6.45, 7) is -0.210. The SMILES string of the molecule is COC(=O)CC1CC(CC(=O)OCc2ccccc2)N(c2c(F)c(F)c(C(F)(F)F)c(F)c2F)C1=O. The van der Waals surface area contributed by atoms with Gasteiger partial charge < -0.3 is 14.4 Å². The van der Waals surface area contributed by atoms with Crippen LogP contribution in [-0.2, 0) is 36.6 Å². The number of nitrogens with zero attached hydrogens (tertiary/aromatic N) is 1. The van der Waals surface area contributed by atoms with Gasteiger partial charge in [-0.1, -0.05) is 30.3 Å². The summed E-state index contributed by atoms with van der Waals surface area (Å²) in [6.07, 6.45) is -7.54. The third-order valence-electron chi connectivity index (χ3n) is 5.56. The highest BCUT2D eigenvalue weighted by molar-refractivity contribution is 6.00. The highest BCUT2D eigenvalue weighted by Gasteiger charge is 2.48. The average Bonchev–Trinajstić information content (AvgIpc) is 3.10. The van der Waals surface area contributed by atoms with Gasteiger partial charge in [-0.2, -0.15) is 13.2 Å². The highest BCUT2D eigenvalue weighted by atomic mass is 19.4. The summed E-state index contributed by atoms with van der Waals surface area (Å²) >= 11 is 0. The number of hydrogen-bond acceptors (Lipinski definition) is 5. The Hall–Kier alpha value is -3.64. The minimum atomic E-state index is -5.78. The number of rotatable bonds is 7. The van der Waals surface area contributed by atoms with Crippen LogP contribution < -0.4 is 4.90 Å². The fraction of sp³-hybridized carbons (Fsp3) is 0.348. The van der Waals surface area contributed by atoms with E-state index in [0.29, 0.717) is 5.56 Å². The van der Waals surface area contributed by atoms with Gasteiger partial charge >= 0.3 is 18.1 Å². The zero-order valence-corrected chi connectivity index (χ0v) is 18.5. The Morgan fingerprint density at radius 1 is 0.944 bits per heavy atom. The van der Waals surface area contributed by atoms with Crippen molar-refractivity contribution in [3.8, 4) is 0 Å². The quantitative estimate of drug-likeness (QED) is 0.301. The van der Waals surface area contributed by atoms with Gasteiger partial charge in [-0.15, -0.1) is 0 Å². The summed E-state index contributed by atoms with van der Waals surface area (Å²) in [7, 11) is 0.998. The third-order valence-corrected chi connectivity index (χ3v) is 5.56. The van der Waals surface area contributed by atoms with Gasteiger partial charge in [0, 0.05) is 6.04 Å². The van der Waals surface area contributed by atoms with Crippen LogP contribution in [0, 0.1) is 29.2 Å². The molecular weight excluding hydrogens is 503 g/mol. The number of halogens is 7. The maximum Gasteiger partial charge on any atom is 0.422 e. The Labute approximate surface area is 199 Å². The molecule has 1 aliphatic heterocycles. The Bertz CT molecular complexity index is 1140. The lowest BCUT2D eigenvalue weighted by Gasteiger charge is -2.26. The van der Waals surface area contributed by atoms with E-state index < -0.39 is 89.8 Å². The van der Waals surface area contributed by atoms with Crippen LogP contribution >= 0.6 is 0 Å². The third kappa shape index (κ3) is 5.44. The smallest absolute Gasteiger partial charge is 0.422 e. The van der Waals surface area contributed by atoms with Crippen LogP contribution in [0.2, 0.25) is 0 Å². The molecule has 1 fully saturated rings. The predicted octanol–water partition coefficient (Wildman–Crippen LogP) is 4.68. The van der Waals surface area contributed by atoms with Crippen LogP contribution in [0.4, 0.5) is 36.4 Å². The van der Waals surface area contributed by atoms with E-state index in [-0.39, 0.29) is 11.5 Å². The number of esters is 2. The molecule has 3 rings (SSSR count). The second-order valence-electron chi connectivity index (χ2n) is 7.90. The number of carbonyl (C=O) groups excluding carboxylic acids is 3. The second kappa shape index (κ2) is 10.5. The molecule has 1 amide bonds. The molecule has 2 unspecified atom stereocenters. The van der Waals surface area contributed by atoms with Crippen LogP contribution in [-0.4, -0.2) is 31.0 Å². The molecule has 0 saturated carbocycles. The average molecular weight is 521 g/mol. The van der Waals surface area contributed by atoms with Gasteiger partial charge in [0.2, 0.25) is 5.91 Å². The van der Waals surface area contributed by atoms with Gasteiger partial charge in [-0.05, 0) is 12.0 Å². The van der Waals surface area contributed by atoms with Crippen LogP contribution in [0.15, 0.2) is 30.3 Å². The first kappa shape index (κ1) is 27.0. The molecule has 0 radical (unpaired) electrons. The normalized spacial score (nSPS) is 17.9. The lowest BCUT2D eigenvalue weighted by molar-refractivity contribution is -0.145. The maximum absolute atomic E-state index is 14.7. The summed E-state index contributed by atoms with van der Waals surface area (Å²) in [6, 6.07) is 6.80. The molecule has 194 valence electrons. The number of ether oxygens (including phenoxy) is 2. The van der Waals surface area contributed by atoms with Crippen LogP contribution in [0.25, 0.3) is 0 Å². The van der Waals surface area contributed by atoms with Crippen molar-refractivity contribution in [3.63, 3.8) is 0 Å². The molecule has 1 saturated heterocycles. The van der Waals surface area contributed by atoms with E-state index in [1.165, 1.54) is 0 Å². The Morgan fingerprint density at radius 3 is 2.06 bits per heavy atom. The highest BCUT2D eigenvalue weighted by Crippen LogP contribution is 2.43. The van der Waals surface area contributed by atoms with Crippen LogP contribution in [0.1, 0.15) is 30.4 Å². The number of methoxy groups -OCH3 is 1. The molecule has 6 nitrogen and oxygen atoms in total. The largest absolute Gasteiger partial charge is 0.469 e. The second-order valence-corrected chi connectivity index (χ2v) is 7.90. The lowest BCUT2D eigenvalue weighted by Crippen LogP contribution is -2.38. The molecular formula is C23H18F7NO5. The van der Waals surface area contributed by atoms with E-state index in [1.54, 1.807) is 30.3 Å². The number of hydrogen-bond donors (Lipinski definition) is 0. The molecule has 1 heterocycles. The maximum atomic E-state index is 14.7. The van der Waals surface area contributed by atoms with Gasteiger partial charge in [-0.25, -0.2) is 17.6 Å². The summed E-state index contributed by atoms with van der Waals surface area (Å²) < 4.78 is 106. The van der Waals surface area contributed by atoms with Crippen LogP contribution in [0.5, 0.6) is 0 Å². The summed E-state index contributed by atoms with van der Waals surface area (Å²) in [4.78, 5) is 37.1. The molecule has 0 N–H and O–H groups in total.